The van der Waals surface area contributed by atoms with Gasteiger partial charge in [0.1, 0.15) is 34.1 Å². The number of methoxy groups -OCH3 is 2. The summed E-state index contributed by atoms with van der Waals surface area (Å²) in [5.41, 5.74) is -0.196. The third kappa shape index (κ3) is 4.24. The normalized spacial score (nSPS) is 16.8. The van der Waals surface area contributed by atoms with Crippen LogP contribution in [-0.4, -0.2) is 58.0 Å². The molecule has 1 spiro atoms. The van der Waals surface area contributed by atoms with Crippen molar-refractivity contribution in [1.29, 1.82) is 0 Å². The number of carbonyl (C=O) groups is 2. The lowest BCUT2D eigenvalue weighted by Gasteiger charge is -2.40. The number of fused-ring (bicyclic) bond motifs is 2. The fourth-order valence-electron chi connectivity index (χ4n) is 4.68. The molecular formula is C25H25N3O7S. The Bertz CT molecular complexity index is 1480. The van der Waals surface area contributed by atoms with Gasteiger partial charge in [0.05, 0.1) is 31.1 Å². The molecule has 11 heteroatoms. The maximum atomic E-state index is 13.1. The lowest BCUT2D eigenvalue weighted by atomic mass is 9.83. The molecule has 0 radical (unpaired) electrons. The Hall–Kier alpha value is -3.70. The number of para-hydroxylation sites is 1. The van der Waals surface area contributed by atoms with Crippen molar-refractivity contribution in [3.05, 3.63) is 53.7 Å². The lowest BCUT2D eigenvalue weighted by Crippen LogP contribution is -2.49. The SMILES string of the molecule is COc1cc(C(=O)NS(=O)(=O)c2ccc3c(c2)C(=O)CC2(CCNCC2)O3)nc2c(OC)cccc12. The zero-order valence-electron chi connectivity index (χ0n) is 19.8. The standard InChI is InChI=1S/C25H25N3O7S/c1-33-21-5-3-4-16-22(34-2)13-18(27-23(16)21)24(30)28-36(31,32)15-6-7-20-17(12-15)19(29)14-25(35-20)8-10-26-11-9-25/h3-7,12-13,26H,8-11,14H2,1-2H3,(H,28,30). The molecule has 0 aliphatic carbocycles. The summed E-state index contributed by atoms with van der Waals surface area (Å²) in [5.74, 6) is -0.0380. The highest BCUT2D eigenvalue weighted by Gasteiger charge is 2.41. The van der Waals surface area contributed by atoms with Gasteiger partial charge in [-0.2, -0.15) is 0 Å². The number of pyridine rings is 1. The first-order valence-electron chi connectivity index (χ1n) is 11.4. The molecule has 2 aliphatic heterocycles. The zero-order chi connectivity index (χ0) is 25.5. The molecule has 0 unspecified atom stereocenters. The van der Waals surface area contributed by atoms with Crippen LogP contribution in [0.2, 0.25) is 0 Å². The van der Waals surface area contributed by atoms with Crippen LogP contribution in [0.1, 0.15) is 40.1 Å². The van der Waals surface area contributed by atoms with E-state index in [1.807, 2.05) is 4.72 Å². The highest BCUT2D eigenvalue weighted by Crippen LogP contribution is 2.39. The molecule has 188 valence electrons. The van der Waals surface area contributed by atoms with E-state index in [1.54, 1.807) is 18.2 Å². The van der Waals surface area contributed by atoms with Crippen molar-refractivity contribution in [2.75, 3.05) is 27.3 Å². The summed E-state index contributed by atoms with van der Waals surface area (Å²) >= 11 is 0. The Kier molecular flexibility index (Phi) is 6.05. The van der Waals surface area contributed by atoms with Crippen LogP contribution in [0.3, 0.4) is 0 Å². The Balaban J connectivity index is 1.44. The number of piperidine rings is 1. The molecule has 1 fully saturated rings. The largest absolute Gasteiger partial charge is 0.496 e. The van der Waals surface area contributed by atoms with Crippen LogP contribution < -0.4 is 24.2 Å². The Morgan fingerprint density at radius 3 is 2.56 bits per heavy atom. The first kappa shape index (κ1) is 24.0. The van der Waals surface area contributed by atoms with Crippen molar-refractivity contribution in [3.8, 4) is 17.2 Å². The monoisotopic (exact) mass is 511 g/mol. The van der Waals surface area contributed by atoms with Gasteiger partial charge in [0, 0.05) is 24.3 Å². The number of nitrogens with one attached hydrogen (secondary N) is 2. The van der Waals surface area contributed by atoms with Gasteiger partial charge in [-0.05, 0) is 43.4 Å². The molecule has 2 N–H and O–H groups in total. The second-order valence-corrected chi connectivity index (χ2v) is 10.5. The number of hydrogen-bond donors (Lipinski definition) is 2. The van der Waals surface area contributed by atoms with Crippen LogP contribution in [0.15, 0.2) is 47.4 Å². The van der Waals surface area contributed by atoms with Crippen LogP contribution >= 0.6 is 0 Å². The topological polar surface area (TPSA) is 133 Å². The maximum Gasteiger partial charge on any atom is 0.283 e. The maximum absolute atomic E-state index is 13.1. The summed E-state index contributed by atoms with van der Waals surface area (Å²) in [6, 6.07) is 10.6. The number of Topliss-reactive ketones (excluding diaryl/α,β-unsaturated/α-hetero) is 1. The van der Waals surface area contributed by atoms with Gasteiger partial charge in [-0.25, -0.2) is 18.1 Å². The fourth-order valence-corrected chi connectivity index (χ4v) is 5.66. The predicted molar refractivity (Wildman–Crippen MR) is 130 cm³/mol. The summed E-state index contributed by atoms with van der Waals surface area (Å²) < 4.78 is 45.0. The van der Waals surface area contributed by atoms with Crippen molar-refractivity contribution in [3.63, 3.8) is 0 Å². The second-order valence-electron chi connectivity index (χ2n) is 8.79. The molecule has 5 rings (SSSR count). The number of aromatic nitrogens is 1. The van der Waals surface area contributed by atoms with E-state index in [2.05, 4.69) is 10.3 Å². The Morgan fingerprint density at radius 1 is 1.08 bits per heavy atom. The minimum atomic E-state index is -4.32. The predicted octanol–water partition coefficient (Wildman–Crippen LogP) is 2.46. The van der Waals surface area contributed by atoms with Crippen LogP contribution in [-0.2, 0) is 10.0 Å². The first-order chi connectivity index (χ1) is 17.2. The van der Waals surface area contributed by atoms with E-state index in [1.165, 1.54) is 38.5 Å². The number of benzene rings is 2. The van der Waals surface area contributed by atoms with Gasteiger partial charge in [-0.3, -0.25) is 9.59 Å². The number of hydrogen-bond acceptors (Lipinski definition) is 9. The third-order valence-corrected chi connectivity index (χ3v) is 7.88. The number of carbonyl (C=O) groups excluding carboxylic acids is 2. The van der Waals surface area contributed by atoms with E-state index >= 15 is 0 Å². The average Bonchev–Trinajstić information content (AvgIpc) is 2.87. The van der Waals surface area contributed by atoms with Crippen molar-refractivity contribution in [2.45, 2.75) is 29.8 Å². The molecule has 36 heavy (non-hydrogen) atoms. The number of rotatable bonds is 5. The van der Waals surface area contributed by atoms with E-state index in [4.69, 9.17) is 14.2 Å². The highest BCUT2D eigenvalue weighted by molar-refractivity contribution is 7.90. The summed E-state index contributed by atoms with van der Waals surface area (Å²) in [6.07, 6.45) is 1.57. The van der Waals surface area contributed by atoms with Crippen LogP contribution in [0.25, 0.3) is 10.9 Å². The average molecular weight is 512 g/mol. The van der Waals surface area contributed by atoms with Crippen molar-refractivity contribution < 1.29 is 32.2 Å². The van der Waals surface area contributed by atoms with Gasteiger partial charge in [-0.15, -0.1) is 0 Å². The molecule has 3 aromatic rings. The molecule has 0 atom stereocenters. The van der Waals surface area contributed by atoms with E-state index in [9.17, 15) is 18.0 Å². The van der Waals surface area contributed by atoms with Crippen molar-refractivity contribution in [2.24, 2.45) is 0 Å². The van der Waals surface area contributed by atoms with E-state index < -0.39 is 21.5 Å². The minimum Gasteiger partial charge on any atom is -0.496 e. The number of nitrogens with zero attached hydrogens (tertiary/aromatic N) is 1. The molecule has 1 aromatic heterocycles. The van der Waals surface area contributed by atoms with Gasteiger partial charge in [-0.1, -0.05) is 6.07 Å². The quantitative estimate of drug-likeness (QED) is 0.530. The molecule has 0 bridgehead atoms. The summed E-state index contributed by atoms with van der Waals surface area (Å²) in [4.78, 5) is 30.0. The van der Waals surface area contributed by atoms with Crippen molar-refractivity contribution in [1.82, 2.24) is 15.0 Å². The highest BCUT2D eigenvalue weighted by atomic mass is 32.2. The van der Waals surface area contributed by atoms with Crippen molar-refractivity contribution >= 4 is 32.6 Å². The smallest absolute Gasteiger partial charge is 0.283 e. The van der Waals surface area contributed by atoms with Crippen LogP contribution in [0.4, 0.5) is 0 Å². The second kappa shape index (κ2) is 9.07. The minimum absolute atomic E-state index is 0.169. The summed E-state index contributed by atoms with van der Waals surface area (Å²) in [7, 11) is -1.41. The Labute approximate surface area is 208 Å². The molecule has 3 heterocycles. The van der Waals surface area contributed by atoms with Gasteiger partial charge < -0.3 is 19.5 Å². The Morgan fingerprint density at radius 2 is 1.83 bits per heavy atom. The van der Waals surface area contributed by atoms with E-state index in [0.717, 1.165) is 13.1 Å². The number of sulfonamides is 1. The zero-order valence-corrected chi connectivity index (χ0v) is 20.6. The summed E-state index contributed by atoms with van der Waals surface area (Å²) in [5, 5.41) is 3.86. The van der Waals surface area contributed by atoms with E-state index in [-0.39, 0.29) is 28.4 Å². The fraction of sp³-hybridized carbons (Fsp3) is 0.320. The molecule has 1 amide bonds. The number of ether oxygens (including phenoxy) is 3. The lowest BCUT2D eigenvalue weighted by molar-refractivity contribution is 0.0186. The van der Waals surface area contributed by atoms with Gasteiger partial charge >= 0.3 is 0 Å². The third-order valence-electron chi connectivity index (χ3n) is 6.55. The number of ketones is 1. The van der Waals surface area contributed by atoms with Gasteiger partial charge in [0.2, 0.25) is 0 Å². The van der Waals surface area contributed by atoms with Crippen LogP contribution in [0, 0.1) is 0 Å². The molecule has 10 nitrogen and oxygen atoms in total. The first-order valence-corrected chi connectivity index (χ1v) is 12.9. The van der Waals surface area contributed by atoms with Crippen LogP contribution in [0.5, 0.6) is 17.2 Å². The molecule has 2 aromatic carbocycles. The molecule has 1 saturated heterocycles. The van der Waals surface area contributed by atoms with Gasteiger partial charge in [0.25, 0.3) is 15.9 Å². The molecule has 0 saturated carbocycles. The summed E-state index contributed by atoms with van der Waals surface area (Å²) in [6.45, 7) is 1.50. The molecule has 2 aliphatic rings. The van der Waals surface area contributed by atoms with E-state index in [0.29, 0.717) is 41.0 Å². The molecular weight excluding hydrogens is 486 g/mol. The van der Waals surface area contributed by atoms with Gasteiger partial charge in [0.15, 0.2) is 5.78 Å². The number of amides is 1.